The van der Waals surface area contributed by atoms with E-state index in [1.54, 1.807) is 5.56 Å². The van der Waals surface area contributed by atoms with Gasteiger partial charge in [-0.3, -0.25) is 0 Å². The maximum Gasteiger partial charge on any atom is 0.204 e. The number of aromatic nitrogens is 2. The average Bonchev–Trinajstić information content (AvgIpc) is 3.16. The number of rotatable bonds is 0. The van der Waals surface area contributed by atoms with Crippen molar-refractivity contribution in [3.05, 3.63) is 94.7 Å². The van der Waals surface area contributed by atoms with Crippen molar-refractivity contribution in [2.75, 3.05) is 0 Å². The molecule has 114 valence electrons. The molecule has 0 unspecified atom stereocenters. The monoisotopic (exact) mass is 309 g/mol. The van der Waals surface area contributed by atoms with Gasteiger partial charge in [-0.2, -0.15) is 0 Å². The summed E-state index contributed by atoms with van der Waals surface area (Å²) in [5, 5.41) is 1.31. The lowest BCUT2D eigenvalue weighted by Crippen LogP contribution is -2.36. The molecule has 1 aromatic heterocycles. The molecule has 0 radical (unpaired) electrons. The van der Waals surface area contributed by atoms with Crippen molar-refractivity contribution in [1.29, 1.82) is 0 Å². The van der Waals surface area contributed by atoms with Gasteiger partial charge in [-0.25, -0.2) is 0 Å². The van der Waals surface area contributed by atoms with Crippen LogP contribution < -0.4 is 4.68 Å². The zero-order chi connectivity index (χ0) is 15.7. The fourth-order valence-electron chi connectivity index (χ4n) is 4.48. The molecular formula is C22H17N2+. The van der Waals surface area contributed by atoms with Gasteiger partial charge in [0.2, 0.25) is 6.20 Å². The number of nitrogens with zero attached hydrogens (tertiary/aromatic N) is 2. The summed E-state index contributed by atoms with van der Waals surface area (Å²) in [6, 6.07) is 22.2. The van der Waals surface area contributed by atoms with Crippen molar-refractivity contribution in [2.45, 2.75) is 19.4 Å². The molecule has 2 heterocycles. The molecule has 2 nitrogen and oxygen atoms in total. The summed E-state index contributed by atoms with van der Waals surface area (Å²) in [7, 11) is 0. The smallest absolute Gasteiger partial charge is 0.120 e. The number of benzene rings is 3. The van der Waals surface area contributed by atoms with Gasteiger partial charge < -0.3 is 0 Å². The largest absolute Gasteiger partial charge is 0.204 e. The third-order valence-electron chi connectivity index (χ3n) is 5.63. The van der Waals surface area contributed by atoms with Crippen LogP contribution in [0.2, 0.25) is 0 Å². The molecule has 0 amide bonds. The van der Waals surface area contributed by atoms with Gasteiger partial charge in [0.05, 0.1) is 10.9 Å². The molecule has 0 N–H and O–H groups in total. The molecular weight excluding hydrogens is 292 g/mol. The van der Waals surface area contributed by atoms with Gasteiger partial charge >= 0.3 is 0 Å². The topological polar surface area (TPSA) is 8.81 Å². The number of hydrogen-bond acceptors (Lipinski definition) is 0. The highest BCUT2D eigenvalue weighted by molar-refractivity contribution is 5.79. The van der Waals surface area contributed by atoms with E-state index in [0.717, 1.165) is 19.4 Å². The van der Waals surface area contributed by atoms with Crippen LogP contribution in [0.25, 0.3) is 16.6 Å². The van der Waals surface area contributed by atoms with Crippen LogP contribution in [-0.2, 0) is 19.4 Å². The van der Waals surface area contributed by atoms with Crippen molar-refractivity contribution < 1.29 is 4.68 Å². The molecule has 2 heteroatoms. The maximum atomic E-state index is 2.38. The Kier molecular flexibility index (Phi) is 2.28. The minimum Gasteiger partial charge on any atom is -0.120 e. The van der Waals surface area contributed by atoms with Crippen LogP contribution in [0.15, 0.2) is 66.9 Å². The lowest BCUT2D eigenvalue weighted by Gasteiger charge is -2.21. The molecule has 4 aromatic rings. The summed E-state index contributed by atoms with van der Waals surface area (Å²) in [5.41, 5.74) is 10.2. The van der Waals surface area contributed by atoms with Crippen LogP contribution in [0.4, 0.5) is 0 Å². The molecule has 0 saturated heterocycles. The summed E-state index contributed by atoms with van der Waals surface area (Å²) in [4.78, 5) is 0. The molecule has 24 heavy (non-hydrogen) atoms. The molecule has 1 aliphatic carbocycles. The normalized spacial score (nSPS) is 14.2. The summed E-state index contributed by atoms with van der Waals surface area (Å²) in [6.45, 7) is 0.982. The average molecular weight is 309 g/mol. The van der Waals surface area contributed by atoms with Crippen molar-refractivity contribution in [2.24, 2.45) is 0 Å². The lowest BCUT2D eigenvalue weighted by atomic mass is 9.83. The van der Waals surface area contributed by atoms with E-state index in [-0.39, 0.29) is 0 Å². The van der Waals surface area contributed by atoms with Gasteiger partial charge in [0.15, 0.2) is 6.54 Å². The SMILES string of the molecule is c1ccc2c(c1)Cc1ccc3c(c1C2)C[n+]1cc2ccccc2n1-3. The predicted molar refractivity (Wildman–Crippen MR) is 94.6 cm³/mol. The number of hydrogen-bond donors (Lipinski definition) is 0. The Morgan fingerprint density at radius 3 is 2.42 bits per heavy atom. The van der Waals surface area contributed by atoms with Gasteiger partial charge in [0.25, 0.3) is 0 Å². The van der Waals surface area contributed by atoms with Crippen LogP contribution in [0.3, 0.4) is 0 Å². The second-order valence-electron chi connectivity index (χ2n) is 6.92. The Labute approximate surface area is 140 Å². The van der Waals surface area contributed by atoms with E-state index in [2.05, 4.69) is 76.2 Å². The van der Waals surface area contributed by atoms with Crippen LogP contribution >= 0.6 is 0 Å². The van der Waals surface area contributed by atoms with Crippen molar-refractivity contribution >= 4 is 10.9 Å². The summed E-state index contributed by atoms with van der Waals surface area (Å²) in [5.74, 6) is 0. The summed E-state index contributed by atoms with van der Waals surface area (Å²) >= 11 is 0. The standard InChI is InChI=1S/C22H17N2/c1-2-6-16-12-19-17(11-15(16)5-1)9-10-22-20(19)14-23-13-18-7-3-4-8-21(18)24(22)23/h1-10,13H,11-12,14H2/q+1. The predicted octanol–water partition coefficient (Wildman–Crippen LogP) is 3.77. The highest BCUT2D eigenvalue weighted by Crippen LogP contribution is 2.35. The Morgan fingerprint density at radius 2 is 1.50 bits per heavy atom. The summed E-state index contributed by atoms with van der Waals surface area (Å²) in [6.07, 6.45) is 4.41. The van der Waals surface area contributed by atoms with Crippen molar-refractivity contribution in [3.8, 4) is 5.69 Å². The Bertz CT molecular complexity index is 1130. The van der Waals surface area contributed by atoms with E-state index in [4.69, 9.17) is 0 Å². The number of para-hydroxylation sites is 1. The Morgan fingerprint density at radius 1 is 0.708 bits per heavy atom. The minimum absolute atomic E-state index is 0.982. The second-order valence-corrected chi connectivity index (χ2v) is 6.92. The van der Waals surface area contributed by atoms with Crippen LogP contribution in [0.1, 0.15) is 27.8 Å². The van der Waals surface area contributed by atoms with Crippen LogP contribution in [-0.4, -0.2) is 4.68 Å². The Balaban J connectivity index is 1.58. The molecule has 2 aliphatic rings. The number of fused-ring (bicyclic) bond motifs is 8. The Hall–Kier alpha value is -2.87. The highest BCUT2D eigenvalue weighted by atomic mass is 15.4. The van der Waals surface area contributed by atoms with Gasteiger partial charge in [-0.05, 0) is 53.3 Å². The maximum absolute atomic E-state index is 2.38. The molecule has 0 bridgehead atoms. The molecule has 3 aromatic carbocycles. The quantitative estimate of drug-likeness (QED) is 0.378. The van der Waals surface area contributed by atoms with E-state index >= 15 is 0 Å². The van der Waals surface area contributed by atoms with E-state index < -0.39 is 0 Å². The van der Waals surface area contributed by atoms with Gasteiger partial charge in [-0.1, -0.05) is 42.5 Å². The zero-order valence-electron chi connectivity index (χ0n) is 13.4. The third-order valence-corrected chi connectivity index (χ3v) is 5.63. The van der Waals surface area contributed by atoms with Crippen molar-refractivity contribution in [3.63, 3.8) is 0 Å². The van der Waals surface area contributed by atoms with E-state index in [1.807, 2.05) is 0 Å². The highest BCUT2D eigenvalue weighted by Gasteiger charge is 2.32. The van der Waals surface area contributed by atoms with E-state index in [0.29, 0.717) is 0 Å². The van der Waals surface area contributed by atoms with E-state index in [1.165, 1.54) is 38.8 Å². The molecule has 0 spiro atoms. The first-order valence-electron chi connectivity index (χ1n) is 8.59. The first-order valence-corrected chi connectivity index (χ1v) is 8.59. The molecule has 0 fully saturated rings. The zero-order valence-corrected chi connectivity index (χ0v) is 13.4. The minimum atomic E-state index is 0.982. The molecule has 0 saturated carbocycles. The van der Waals surface area contributed by atoms with Gasteiger partial charge in [-0.15, -0.1) is 9.36 Å². The molecule has 6 rings (SSSR count). The fourth-order valence-corrected chi connectivity index (χ4v) is 4.48. The fraction of sp³-hybridized carbons (Fsp3) is 0.136. The summed E-state index contributed by atoms with van der Waals surface area (Å²) < 4.78 is 4.74. The van der Waals surface area contributed by atoms with Crippen LogP contribution in [0.5, 0.6) is 0 Å². The lowest BCUT2D eigenvalue weighted by molar-refractivity contribution is -0.749. The van der Waals surface area contributed by atoms with Gasteiger partial charge in [0, 0.05) is 0 Å². The van der Waals surface area contributed by atoms with E-state index in [9.17, 15) is 0 Å². The second kappa shape index (κ2) is 4.35. The first kappa shape index (κ1) is 12.5. The van der Waals surface area contributed by atoms with Crippen LogP contribution in [0, 0.1) is 0 Å². The molecule has 0 atom stereocenters. The first-order chi connectivity index (χ1) is 11.9. The molecule has 1 aliphatic heterocycles. The van der Waals surface area contributed by atoms with Crippen molar-refractivity contribution in [1.82, 2.24) is 4.68 Å². The third kappa shape index (κ3) is 1.53. The van der Waals surface area contributed by atoms with Gasteiger partial charge in [0.1, 0.15) is 11.2 Å².